The van der Waals surface area contributed by atoms with Crippen LogP contribution in [0.3, 0.4) is 0 Å². The molecule has 6 nitrogen and oxygen atoms in total. The van der Waals surface area contributed by atoms with Gasteiger partial charge in [-0.25, -0.2) is 9.69 Å². The zero-order valence-electron chi connectivity index (χ0n) is 17.2. The molecule has 0 saturated carbocycles. The first-order valence-electron chi connectivity index (χ1n) is 9.85. The summed E-state index contributed by atoms with van der Waals surface area (Å²) in [5.41, 5.74) is 2.58. The lowest BCUT2D eigenvalue weighted by atomic mass is 9.97. The second kappa shape index (κ2) is 9.08. The highest BCUT2D eigenvalue weighted by molar-refractivity contribution is 6.39. The number of carbonyl (C=O) groups excluding carboxylic acids is 3. The van der Waals surface area contributed by atoms with E-state index < -0.39 is 17.8 Å². The largest absolute Gasteiger partial charge is 0.497 e. The molecule has 0 bridgehead atoms. The van der Waals surface area contributed by atoms with Gasteiger partial charge in [-0.3, -0.25) is 14.9 Å². The number of imide groups is 2. The maximum absolute atomic E-state index is 13.1. The molecule has 3 aromatic rings. The molecule has 7 heteroatoms. The van der Waals surface area contributed by atoms with Crippen LogP contribution in [0.5, 0.6) is 5.75 Å². The number of hydrogen-bond donors (Lipinski definition) is 1. The normalized spacial score (nSPS) is 15.1. The Morgan fingerprint density at radius 2 is 1.66 bits per heavy atom. The van der Waals surface area contributed by atoms with Gasteiger partial charge in [-0.2, -0.15) is 0 Å². The Bertz CT molecular complexity index is 1240. The maximum atomic E-state index is 13.1. The number of carbonyl (C=O) groups is 3. The van der Waals surface area contributed by atoms with Crippen molar-refractivity contribution in [1.82, 2.24) is 5.32 Å². The summed E-state index contributed by atoms with van der Waals surface area (Å²) in [6.45, 7) is 0. The van der Waals surface area contributed by atoms with Gasteiger partial charge < -0.3 is 4.74 Å². The molecule has 1 fully saturated rings. The number of ether oxygens (including phenoxy) is 1. The van der Waals surface area contributed by atoms with E-state index in [9.17, 15) is 14.4 Å². The predicted molar refractivity (Wildman–Crippen MR) is 123 cm³/mol. The van der Waals surface area contributed by atoms with E-state index in [4.69, 9.17) is 16.3 Å². The van der Waals surface area contributed by atoms with E-state index in [-0.39, 0.29) is 5.57 Å². The minimum Gasteiger partial charge on any atom is -0.497 e. The van der Waals surface area contributed by atoms with Crippen LogP contribution in [-0.4, -0.2) is 25.0 Å². The lowest BCUT2D eigenvalue weighted by molar-refractivity contribution is -0.122. The number of rotatable bonds is 5. The quantitative estimate of drug-likeness (QED) is 0.459. The summed E-state index contributed by atoms with van der Waals surface area (Å²) in [5, 5.41) is 2.85. The Morgan fingerprint density at radius 1 is 0.938 bits per heavy atom. The first kappa shape index (κ1) is 21.3. The van der Waals surface area contributed by atoms with Gasteiger partial charge >= 0.3 is 6.03 Å². The van der Waals surface area contributed by atoms with Crippen molar-refractivity contribution in [2.45, 2.75) is 6.42 Å². The first-order chi connectivity index (χ1) is 15.5. The van der Waals surface area contributed by atoms with E-state index in [2.05, 4.69) is 5.32 Å². The lowest BCUT2D eigenvalue weighted by Crippen LogP contribution is -2.54. The number of nitrogens with zero attached hydrogens (tertiary/aromatic N) is 1. The summed E-state index contributed by atoms with van der Waals surface area (Å²) in [5.74, 6) is -0.800. The van der Waals surface area contributed by atoms with Crippen molar-refractivity contribution in [3.63, 3.8) is 0 Å². The summed E-state index contributed by atoms with van der Waals surface area (Å²) < 4.78 is 5.35. The molecule has 0 radical (unpaired) electrons. The third-order valence-corrected chi connectivity index (χ3v) is 5.47. The van der Waals surface area contributed by atoms with E-state index in [0.29, 0.717) is 28.4 Å². The number of amides is 4. The fraction of sp³-hybridized carbons (Fsp3) is 0.0800. The van der Waals surface area contributed by atoms with Crippen LogP contribution in [0.15, 0.2) is 78.4 Å². The second-order valence-corrected chi connectivity index (χ2v) is 7.53. The minimum absolute atomic E-state index is 0.140. The van der Waals surface area contributed by atoms with Crippen LogP contribution in [0.4, 0.5) is 10.5 Å². The Hall–Kier alpha value is -3.90. The minimum atomic E-state index is -0.783. The predicted octanol–water partition coefficient (Wildman–Crippen LogP) is 4.61. The Kier molecular flexibility index (Phi) is 6.05. The highest BCUT2D eigenvalue weighted by Gasteiger charge is 2.36. The maximum Gasteiger partial charge on any atom is 0.335 e. The van der Waals surface area contributed by atoms with Crippen LogP contribution in [0.25, 0.3) is 6.08 Å². The molecule has 1 N–H and O–H groups in total. The van der Waals surface area contributed by atoms with Crippen molar-refractivity contribution >= 4 is 41.2 Å². The molecule has 1 saturated heterocycles. The molecule has 1 aliphatic rings. The number of barbiturate groups is 1. The van der Waals surface area contributed by atoms with E-state index in [1.807, 2.05) is 24.3 Å². The Balaban J connectivity index is 1.76. The van der Waals surface area contributed by atoms with Crippen LogP contribution in [0.2, 0.25) is 5.02 Å². The van der Waals surface area contributed by atoms with E-state index in [1.54, 1.807) is 55.6 Å². The fourth-order valence-corrected chi connectivity index (χ4v) is 3.68. The molecule has 0 aromatic heterocycles. The molecular weight excluding hydrogens is 428 g/mol. The number of methoxy groups -OCH3 is 1. The van der Waals surface area contributed by atoms with Gasteiger partial charge in [0, 0.05) is 5.02 Å². The fourth-order valence-electron chi connectivity index (χ4n) is 3.47. The lowest BCUT2D eigenvalue weighted by Gasteiger charge is -2.26. The van der Waals surface area contributed by atoms with Gasteiger partial charge in [0.1, 0.15) is 11.3 Å². The zero-order chi connectivity index (χ0) is 22.7. The van der Waals surface area contributed by atoms with Crippen molar-refractivity contribution in [2.75, 3.05) is 12.0 Å². The molecule has 4 amide bonds. The highest BCUT2D eigenvalue weighted by atomic mass is 35.5. The number of urea groups is 1. The van der Waals surface area contributed by atoms with Gasteiger partial charge in [-0.05, 0) is 59.5 Å². The Labute approximate surface area is 190 Å². The van der Waals surface area contributed by atoms with Gasteiger partial charge in [0.25, 0.3) is 11.8 Å². The molecule has 4 rings (SSSR count). The highest BCUT2D eigenvalue weighted by Crippen LogP contribution is 2.27. The van der Waals surface area contributed by atoms with Crippen molar-refractivity contribution in [3.8, 4) is 5.75 Å². The number of anilines is 1. The van der Waals surface area contributed by atoms with Gasteiger partial charge in [-0.1, -0.05) is 54.1 Å². The monoisotopic (exact) mass is 446 g/mol. The summed E-state index contributed by atoms with van der Waals surface area (Å²) in [4.78, 5) is 39.0. The molecular formula is C25H19ClN2O4. The van der Waals surface area contributed by atoms with Crippen LogP contribution >= 0.6 is 11.6 Å². The van der Waals surface area contributed by atoms with Crippen molar-refractivity contribution < 1.29 is 19.1 Å². The van der Waals surface area contributed by atoms with Gasteiger partial charge in [0.15, 0.2) is 0 Å². The van der Waals surface area contributed by atoms with E-state index in [1.165, 1.54) is 6.08 Å². The summed E-state index contributed by atoms with van der Waals surface area (Å²) in [7, 11) is 1.56. The topological polar surface area (TPSA) is 75.7 Å². The molecule has 1 aliphatic heterocycles. The zero-order valence-corrected chi connectivity index (χ0v) is 17.9. The number of benzene rings is 3. The SMILES string of the molecule is COc1ccc(/C=C2\C(=O)NC(=O)N(c3ccccc3)C2=O)c(Cc2ccccc2Cl)c1. The van der Waals surface area contributed by atoms with Crippen molar-refractivity contribution in [1.29, 1.82) is 0 Å². The Morgan fingerprint density at radius 3 is 2.38 bits per heavy atom. The van der Waals surface area contributed by atoms with E-state index >= 15 is 0 Å². The number of halogens is 1. The molecule has 0 unspecified atom stereocenters. The van der Waals surface area contributed by atoms with Crippen LogP contribution in [0, 0.1) is 0 Å². The van der Waals surface area contributed by atoms with Crippen LogP contribution in [0.1, 0.15) is 16.7 Å². The number of hydrogen-bond acceptors (Lipinski definition) is 4. The van der Waals surface area contributed by atoms with E-state index in [0.717, 1.165) is 16.0 Å². The first-order valence-corrected chi connectivity index (χ1v) is 10.2. The van der Waals surface area contributed by atoms with Crippen LogP contribution < -0.4 is 15.0 Å². The molecule has 0 aliphatic carbocycles. The number of para-hydroxylation sites is 1. The molecule has 1 heterocycles. The van der Waals surface area contributed by atoms with Gasteiger partial charge in [-0.15, -0.1) is 0 Å². The summed E-state index contributed by atoms with van der Waals surface area (Å²) in [6.07, 6.45) is 1.96. The van der Waals surface area contributed by atoms with Crippen LogP contribution in [-0.2, 0) is 16.0 Å². The molecule has 0 atom stereocenters. The van der Waals surface area contributed by atoms with Gasteiger partial charge in [0.2, 0.25) is 0 Å². The number of nitrogens with one attached hydrogen (secondary N) is 1. The standard InChI is InChI=1S/C25H19ClN2O4/c1-32-20-12-11-16(18(14-20)13-17-7-5-6-10-22(17)26)15-21-23(29)27-25(31)28(24(21)30)19-8-3-2-4-9-19/h2-12,14-15H,13H2,1H3,(H,27,29,31)/b21-15+. The average molecular weight is 447 g/mol. The summed E-state index contributed by atoms with van der Waals surface area (Å²) in [6, 6.07) is 20.5. The second-order valence-electron chi connectivity index (χ2n) is 7.13. The van der Waals surface area contributed by atoms with Crippen molar-refractivity contribution in [3.05, 3.63) is 100 Å². The van der Waals surface area contributed by atoms with Crippen molar-refractivity contribution in [2.24, 2.45) is 0 Å². The molecule has 0 spiro atoms. The molecule has 3 aromatic carbocycles. The molecule has 32 heavy (non-hydrogen) atoms. The third kappa shape index (κ3) is 4.26. The smallest absolute Gasteiger partial charge is 0.335 e. The third-order valence-electron chi connectivity index (χ3n) is 5.10. The van der Waals surface area contributed by atoms with Gasteiger partial charge in [0.05, 0.1) is 12.8 Å². The molecule has 160 valence electrons. The average Bonchev–Trinajstić information content (AvgIpc) is 2.79. The summed E-state index contributed by atoms with van der Waals surface area (Å²) >= 11 is 6.33.